The SMILES string of the molecule is CC(=O)N[C@H](C(=O)N[C@@H](CCC(=O)O)C(=O)N[C@@H](Cc1cnc[nH]1)C(=O)N[C@@H](CC(=O)O)C(=O)Nc1ccc2c(C(F)(F)F)cc(=O)oc2c1)C(C)C. The zero-order valence-electron chi connectivity index (χ0n) is 28.3. The fourth-order valence-electron chi connectivity index (χ4n) is 5.01. The van der Waals surface area contributed by atoms with Crippen molar-refractivity contribution in [2.45, 2.75) is 76.8 Å². The molecule has 5 amide bonds. The molecule has 0 saturated carbocycles. The van der Waals surface area contributed by atoms with Gasteiger partial charge in [0.05, 0.1) is 18.3 Å². The van der Waals surface area contributed by atoms with E-state index in [1.807, 2.05) is 0 Å². The number of carboxylic acids is 2. The average Bonchev–Trinajstić information content (AvgIpc) is 3.56. The highest BCUT2D eigenvalue weighted by atomic mass is 19.4. The van der Waals surface area contributed by atoms with Crippen LogP contribution >= 0.6 is 0 Å². The third-order valence-electron chi connectivity index (χ3n) is 7.53. The van der Waals surface area contributed by atoms with E-state index in [9.17, 15) is 61.7 Å². The van der Waals surface area contributed by atoms with E-state index < -0.39 is 119 Å². The summed E-state index contributed by atoms with van der Waals surface area (Å²) in [6.07, 6.45) is -4.76. The molecule has 0 fully saturated rings. The van der Waals surface area contributed by atoms with Crippen LogP contribution in [0.3, 0.4) is 0 Å². The number of aromatic nitrogens is 2. The topological polar surface area (TPSA) is 279 Å². The molecule has 0 bridgehead atoms. The first-order chi connectivity index (χ1) is 24.7. The molecule has 3 aromatic rings. The highest BCUT2D eigenvalue weighted by Crippen LogP contribution is 2.34. The summed E-state index contributed by atoms with van der Waals surface area (Å²) in [5.74, 6) is -8.03. The molecule has 3 rings (SSSR count). The molecule has 0 radical (unpaired) electrons. The largest absolute Gasteiger partial charge is 0.481 e. The summed E-state index contributed by atoms with van der Waals surface area (Å²) in [4.78, 5) is 106. The number of carbonyl (C=O) groups is 7. The number of fused-ring (bicyclic) bond motifs is 1. The van der Waals surface area contributed by atoms with Gasteiger partial charge in [-0.15, -0.1) is 0 Å². The van der Waals surface area contributed by atoms with Crippen molar-refractivity contribution in [2.75, 3.05) is 5.32 Å². The van der Waals surface area contributed by atoms with Crippen molar-refractivity contribution < 1.29 is 61.4 Å². The van der Waals surface area contributed by atoms with E-state index in [0.29, 0.717) is 0 Å². The van der Waals surface area contributed by atoms with Crippen LogP contribution in [0.4, 0.5) is 18.9 Å². The van der Waals surface area contributed by atoms with E-state index in [1.165, 1.54) is 19.4 Å². The third kappa shape index (κ3) is 12.2. The first kappa shape index (κ1) is 41.1. The van der Waals surface area contributed by atoms with E-state index >= 15 is 0 Å². The lowest BCUT2D eigenvalue weighted by Gasteiger charge is -2.27. The van der Waals surface area contributed by atoms with Crippen molar-refractivity contribution in [3.05, 3.63) is 58.5 Å². The predicted molar refractivity (Wildman–Crippen MR) is 176 cm³/mol. The number of imidazole rings is 1. The second-order valence-electron chi connectivity index (χ2n) is 12.1. The van der Waals surface area contributed by atoms with Gasteiger partial charge in [0.1, 0.15) is 29.8 Å². The van der Waals surface area contributed by atoms with Crippen LogP contribution in [0.25, 0.3) is 11.0 Å². The summed E-state index contributed by atoms with van der Waals surface area (Å²) in [5, 5.41) is 29.9. The number of amides is 5. The van der Waals surface area contributed by atoms with Crippen LogP contribution in [0.15, 0.2) is 46.0 Å². The van der Waals surface area contributed by atoms with E-state index in [2.05, 4.69) is 36.6 Å². The Hall–Kier alpha value is -6.28. The molecule has 53 heavy (non-hydrogen) atoms. The zero-order chi connectivity index (χ0) is 39.6. The molecule has 18 nitrogen and oxygen atoms in total. The normalized spacial score (nSPS) is 13.6. The average molecular weight is 752 g/mol. The van der Waals surface area contributed by atoms with Crippen LogP contribution in [-0.4, -0.2) is 85.8 Å². The number of hydrogen-bond acceptors (Lipinski definition) is 10. The summed E-state index contributed by atoms with van der Waals surface area (Å²) in [6.45, 7) is 4.40. The second-order valence-corrected chi connectivity index (χ2v) is 12.1. The number of carboxylic acid groups (broad SMARTS) is 2. The number of aliphatic carboxylic acids is 2. The molecule has 2 aromatic heterocycles. The molecular weight excluding hydrogens is 715 g/mol. The first-order valence-electron chi connectivity index (χ1n) is 15.8. The minimum Gasteiger partial charge on any atom is -0.481 e. The number of anilines is 1. The van der Waals surface area contributed by atoms with Gasteiger partial charge in [0, 0.05) is 54.9 Å². The maximum absolute atomic E-state index is 13.6. The smallest absolute Gasteiger partial charge is 0.417 e. The highest BCUT2D eigenvalue weighted by molar-refractivity contribution is 6.01. The van der Waals surface area contributed by atoms with Gasteiger partial charge in [-0.3, -0.25) is 33.6 Å². The van der Waals surface area contributed by atoms with E-state index in [1.54, 1.807) is 13.8 Å². The van der Waals surface area contributed by atoms with Crippen molar-refractivity contribution in [3.63, 3.8) is 0 Å². The molecule has 0 unspecified atom stereocenters. The molecule has 0 spiro atoms. The second kappa shape index (κ2) is 17.8. The molecule has 286 valence electrons. The number of H-pyrrole nitrogens is 1. The van der Waals surface area contributed by atoms with Crippen molar-refractivity contribution in [1.82, 2.24) is 31.2 Å². The standard InChI is InChI=1S/C32H36F3N7O11/c1-14(2)27(38-15(3)43)31(52)40-20(6-7-24(44)45)28(49)41-21(8-17-12-36-13-37-17)30(51)42-22(11-25(46)47)29(50)39-16-4-5-18-19(32(33,34)35)10-26(48)53-23(18)9-16/h4-5,9-10,12-14,20-22,27H,6-8,11H2,1-3H3,(H,36,37)(H,38,43)(H,39,50)(H,40,52)(H,41,49)(H,42,51)(H,44,45)(H,46,47)/t20-,21-,22-,27-/m0/s1. The first-order valence-corrected chi connectivity index (χ1v) is 15.8. The van der Waals surface area contributed by atoms with Crippen LogP contribution in [0, 0.1) is 5.92 Å². The molecule has 8 N–H and O–H groups in total. The van der Waals surface area contributed by atoms with Gasteiger partial charge in [-0.2, -0.15) is 13.2 Å². The van der Waals surface area contributed by atoms with Gasteiger partial charge >= 0.3 is 23.7 Å². The van der Waals surface area contributed by atoms with Gasteiger partial charge in [-0.05, 0) is 24.5 Å². The predicted octanol–water partition coefficient (Wildman–Crippen LogP) is 0.671. The number of aromatic amines is 1. The van der Waals surface area contributed by atoms with Crippen LogP contribution in [-0.2, 0) is 46.2 Å². The Balaban J connectivity index is 1.88. The van der Waals surface area contributed by atoms with E-state index in [-0.39, 0.29) is 23.9 Å². The zero-order valence-corrected chi connectivity index (χ0v) is 28.3. The number of alkyl halides is 3. The summed E-state index contributed by atoms with van der Waals surface area (Å²) in [5.41, 5.74) is -3.12. The van der Waals surface area contributed by atoms with Gasteiger partial charge in [-0.25, -0.2) is 9.78 Å². The summed E-state index contributed by atoms with van der Waals surface area (Å²) >= 11 is 0. The van der Waals surface area contributed by atoms with Gasteiger partial charge in [0.2, 0.25) is 29.5 Å². The molecule has 2 heterocycles. The Morgan fingerprint density at radius 3 is 2.08 bits per heavy atom. The number of rotatable bonds is 17. The lowest BCUT2D eigenvalue weighted by Crippen LogP contribution is -2.59. The molecule has 0 saturated heterocycles. The quantitative estimate of drug-likeness (QED) is 0.0884. The number of benzene rings is 1. The van der Waals surface area contributed by atoms with Crippen LogP contribution < -0.4 is 32.2 Å². The van der Waals surface area contributed by atoms with Gasteiger partial charge in [-0.1, -0.05) is 13.8 Å². The molecule has 21 heteroatoms. The molecular formula is C32H36F3N7O11. The Morgan fingerprint density at radius 2 is 1.51 bits per heavy atom. The van der Waals surface area contributed by atoms with Crippen molar-refractivity contribution in [3.8, 4) is 0 Å². The molecule has 1 aromatic carbocycles. The molecule has 0 aliphatic rings. The Morgan fingerprint density at radius 1 is 0.868 bits per heavy atom. The van der Waals surface area contributed by atoms with Crippen molar-refractivity contribution in [1.29, 1.82) is 0 Å². The molecule has 0 aliphatic carbocycles. The monoisotopic (exact) mass is 751 g/mol. The Labute approximate surface area is 297 Å². The number of hydrogen-bond donors (Lipinski definition) is 8. The maximum Gasteiger partial charge on any atom is 0.417 e. The van der Waals surface area contributed by atoms with Crippen LogP contribution in [0.1, 0.15) is 51.3 Å². The lowest BCUT2D eigenvalue weighted by molar-refractivity contribution is -0.141. The van der Waals surface area contributed by atoms with Crippen molar-refractivity contribution >= 4 is 58.1 Å². The van der Waals surface area contributed by atoms with E-state index in [0.717, 1.165) is 18.2 Å². The molecule has 4 atom stereocenters. The summed E-state index contributed by atoms with van der Waals surface area (Å²) in [6, 6.07) is -3.01. The van der Waals surface area contributed by atoms with E-state index in [4.69, 9.17) is 4.42 Å². The molecule has 0 aliphatic heterocycles. The van der Waals surface area contributed by atoms with Crippen molar-refractivity contribution in [2.24, 2.45) is 5.92 Å². The summed E-state index contributed by atoms with van der Waals surface area (Å²) in [7, 11) is 0. The maximum atomic E-state index is 13.6. The number of nitrogens with zero attached hydrogens (tertiary/aromatic N) is 1. The number of halogens is 3. The van der Waals surface area contributed by atoms with Gasteiger partial charge < -0.3 is 46.2 Å². The van der Waals surface area contributed by atoms with Crippen LogP contribution in [0.5, 0.6) is 0 Å². The minimum absolute atomic E-state index is 0.229. The highest BCUT2D eigenvalue weighted by Gasteiger charge is 2.35. The number of carbonyl (C=O) groups excluding carboxylic acids is 5. The fourth-order valence-corrected chi connectivity index (χ4v) is 5.01. The minimum atomic E-state index is -4.91. The third-order valence-corrected chi connectivity index (χ3v) is 7.53. The fraction of sp³-hybridized carbons (Fsp3) is 0.406. The summed E-state index contributed by atoms with van der Waals surface area (Å²) < 4.78 is 45.2. The number of nitrogens with one attached hydrogen (secondary N) is 6. The Kier molecular flexibility index (Phi) is 13.8. The van der Waals surface area contributed by atoms with Crippen LogP contribution in [0.2, 0.25) is 0 Å². The lowest BCUT2D eigenvalue weighted by atomic mass is 10.0. The van der Waals surface area contributed by atoms with Gasteiger partial charge in [0.25, 0.3) is 0 Å². The van der Waals surface area contributed by atoms with Gasteiger partial charge in [0.15, 0.2) is 0 Å². The Bertz CT molecular complexity index is 1910.